The van der Waals surface area contributed by atoms with Crippen molar-refractivity contribution in [3.8, 4) is 5.75 Å². The summed E-state index contributed by atoms with van der Waals surface area (Å²) in [6, 6.07) is 3.87. The molecule has 17 heavy (non-hydrogen) atoms. The zero-order valence-electron chi connectivity index (χ0n) is 9.76. The maximum absolute atomic E-state index is 11.0. The number of nitrogens with zero attached hydrogens (tertiary/aromatic N) is 1. The first-order valence-electron chi connectivity index (χ1n) is 4.92. The van der Waals surface area contributed by atoms with Crippen molar-refractivity contribution in [1.82, 2.24) is 0 Å². The lowest BCUT2D eigenvalue weighted by Gasteiger charge is -2.20. The molecule has 0 saturated heterocycles. The Hall–Kier alpha value is -1.89. The predicted molar refractivity (Wildman–Crippen MR) is 64.0 cm³/mol. The van der Waals surface area contributed by atoms with E-state index in [2.05, 4.69) is 0 Å². The molecular weight excluding hydrogens is 242 g/mol. The highest BCUT2D eigenvalue weighted by molar-refractivity contribution is 6.70. The van der Waals surface area contributed by atoms with E-state index >= 15 is 0 Å². The summed E-state index contributed by atoms with van der Waals surface area (Å²) in [6.07, 6.45) is 0. The van der Waals surface area contributed by atoms with E-state index in [-0.39, 0.29) is 17.0 Å². The van der Waals surface area contributed by atoms with E-state index in [0.717, 1.165) is 0 Å². The van der Waals surface area contributed by atoms with Gasteiger partial charge in [-0.15, -0.1) is 0 Å². The van der Waals surface area contributed by atoms with Crippen LogP contribution >= 0.6 is 0 Å². The first-order valence-corrected chi connectivity index (χ1v) is 8.33. The minimum Gasteiger partial charge on any atom is -0.539 e. The summed E-state index contributed by atoms with van der Waals surface area (Å²) in [5.41, 5.74) is -0.492. The number of nitro benzene ring substituents is 1. The van der Waals surface area contributed by atoms with E-state index in [1.807, 2.05) is 19.6 Å². The molecule has 0 atom stereocenters. The molecule has 0 saturated carbocycles. The molecular formula is C10H13NO5Si. The van der Waals surface area contributed by atoms with Crippen LogP contribution in [0.1, 0.15) is 10.4 Å². The molecule has 0 radical (unpaired) electrons. The van der Waals surface area contributed by atoms with Gasteiger partial charge in [0.1, 0.15) is 5.56 Å². The van der Waals surface area contributed by atoms with Gasteiger partial charge in [-0.1, -0.05) is 6.07 Å². The van der Waals surface area contributed by atoms with Gasteiger partial charge in [-0.3, -0.25) is 10.1 Å². The van der Waals surface area contributed by atoms with Crippen molar-refractivity contribution < 1.29 is 19.3 Å². The Labute approximate surface area is 99.1 Å². The van der Waals surface area contributed by atoms with E-state index in [1.165, 1.54) is 18.2 Å². The fourth-order valence-corrected chi connectivity index (χ4v) is 2.08. The topological polar surface area (TPSA) is 89.7 Å². The Kier molecular flexibility index (Phi) is 3.52. The van der Waals surface area contributed by atoms with Gasteiger partial charge in [0.05, 0.1) is 4.92 Å². The number of rotatable bonds is 4. The fourth-order valence-electron chi connectivity index (χ4n) is 1.25. The van der Waals surface area contributed by atoms with E-state index in [4.69, 9.17) is 9.53 Å². The molecule has 0 aromatic heterocycles. The normalized spacial score (nSPS) is 11.0. The summed E-state index contributed by atoms with van der Waals surface area (Å²) in [4.78, 5) is 21.2. The molecule has 92 valence electrons. The minimum absolute atomic E-state index is 0.149. The van der Waals surface area contributed by atoms with Gasteiger partial charge >= 0.3 is 11.7 Å². The van der Waals surface area contributed by atoms with Crippen molar-refractivity contribution in [3.63, 3.8) is 0 Å². The van der Waals surface area contributed by atoms with Crippen LogP contribution in [0.3, 0.4) is 0 Å². The number of aromatic carboxylic acids is 1. The second-order valence-electron chi connectivity index (χ2n) is 4.43. The van der Waals surface area contributed by atoms with E-state index in [0.29, 0.717) is 0 Å². The number of carbonyl (C=O) groups is 1. The molecule has 0 spiro atoms. The van der Waals surface area contributed by atoms with Crippen LogP contribution in [0.4, 0.5) is 5.69 Å². The van der Waals surface area contributed by atoms with Gasteiger partial charge in [0.2, 0.25) is 8.32 Å². The summed E-state index contributed by atoms with van der Waals surface area (Å²) in [5, 5.41) is 19.8. The maximum Gasteiger partial charge on any atom is 0.339 e. The molecule has 1 aromatic rings. The van der Waals surface area contributed by atoms with Gasteiger partial charge in [0.25, 0.3) is 0 Å². The first kappa shape index (κ1) is 13.2. The molecule has 1 aromatic carbocycles. The summed E-state index contributed by atoms with van der Waals surface area (Å²) >= 11 is 0. The van der Waals surface area contributed by atoms with Crippen LogP contribution in [-0.2, 0) is 0 Å². The molecule has 1 rings (SSSR count). The van der Waals surface area contributed by atoms with Crippen molar-refractivity contribution in [2.75, 3.05) is 0 Å². The van der Waals surface area contributed by atoms with Crippen LogP contribution in [0.25, 0.3) is 0 Å². The highest BCUT2D eigenvalue weighted by Crippen LogP contribution is 2.32. The van der Waals surface area contributed by atoms with Crippen molar-refractivity contribution >= 4 is 20.0 Å². The van der Waals surface area contributed by atoms with E-state index < -0.39 is 19.2 Å². The van der Waals surface area contributed by atoms with Gasteiger partial charge in [-0.25, -0.2) is 4.79 Å². The van der Waals surface area contributed by atoms with Gasteiger partial charge in [-0.2, -0.15) is 0 Å². The Morgan fingerprint density at radius 1 is 1.41 bits per heavy atom. The summed E-state index contributed by atoms with van der Waals surface area (Å²) in [7, 11) is -2.12. The van der Waals surface area contributed by atoms with Gasteiger partial charge < -0.3 is 9.53 Å². The third-order valence-electron chi connectivity index (χ3n) is 1.83. The maximum atomic E-state index is 11.0. The Balaban J connectivity index is 3.39. The monoisotopic (exact) mass is 255 g/mol. The minimum atomic E-state index is -2.12. The largest absolute Gasteiger partial charge is 0.539 e. The molecule has 0 heterocycles. The van der Waals surface area contributed by atoms with Crippen LogP contribution in [0.15, 0.2) is 18.2 Å². The van der Waals surface area contributed by atoms with Gasteiger partial charge in [0, 0.05) is 6.07 Å². The van der Waals surface area contributed by atoms with Gasteiger partial charge in [-0.05, 0) is 25.7 Å². The van der Waals surface area contributed by atoms with Crippen molar-refractivity contribution in [3.05, 3.63) is 33.9 Å². The molecule has 0 aliphatic carbocycles. The average Bonchev–Trinajstić information content (AvgIpc) is 2.14. The second kappa shape index (κ2) is 4.54. The number of carboxylic acid groups (broad SMARTS) is 1. The van der Waals surface area contributed by atoms with Gasteiger partial charge in [0.15, 0.2) is 5.75 Å². The lowest BCUT2D eigenvalue weighted by Crippen LogP contribution is -2.30. The molecule has 7 heteroatoms. The number of carboxylic acids is 1. The van der Waals surface area contributed by atoms with Crippen LogP contribution in [0.5, 0.6) is 5.75 Å². The zero-order valence-corrected chi connectivity index (χ0v) is 10.8. The van der Waals surface area contributed by atoms with Crippen molar-refractivity contribution in [1.29, 1.82) is 0 Å². The molecule has 0 amide bonds. The molecule has 1 N–H and O–H groups in total. The molecule has 0 bridgehead atoms. The highest BCUT2D eigenvalue weighted by Gasteiger charge is 2.27. The lowest BCUT2D eigenvalue weighted by molar-refractivity contribution is -0.385. The molecule has 0 aliphatic rings. The van der Waals surface area contributed by atoms with Crippen LogP contribution in [0.2, 0.25) is 19.6 Å². The van der Waals surface area contributed by atoms with Crippen molar-refractivity contribution in [2.24, 2.45) is 0 Å². The predicted octanol–water partition coefficient (Wildman–Crippen LogP) is 2.51. The molecule has 0 fully saturated rings. The quantitative estimate of drug-likeness (QED) is 0.507. The summed E-state index contributed by atoms with van der Waals surface area (Å²) < 4.78 is 5.50. The number of para-hydroxylation sites is 1. The highest BCUT2D eigenvalue weighted by atomic mass is 28.4. The fraction of sp³-hybridized carbons (Fsp3) is 0.300. The summed E-state index contributed by atoms with van der Waals surface area (Å²) in [6.45, 7) is 5.49. The standard InChI is InChI=1S/C10H13NO5Si/c1-17(2,3)16-9-7(10(12)13)5-4-6-8(9)11(14)15/h4-6H,1-3H3,(H,12,13). The number of hydrogen-bond acceptors (Lipinski definition) is 4. The average molecular weight is 255 g/mol. The Morgan fingerprint density at radius 3 is 2.41 bits per heavy atom. The Bertz CT molecular complexity index is 434. The lowest BCUT2D eigenvalue weighted by atomic mass is 10.2. The smallest absolute Gasteiger partial charge is 0.339 e. The third-order valence-corrected chi connectivity index (χ3v) is 2.65. The van der Waals surface area contributed by atoms with Crippen molar-refractivity contribution in [2.45, 2.75) is 19.6 Å². The second-order valence-corrected chi connectivity index (χ2v) is 8.86. The van der Waals surface area contributed by atoms with E-state index in [1.54, 1.807) is 0 Å². The molecule has 0 unspecified atom stereocenters. The molecule has 0 aliphatic heterocycles. The SMILES string of the molecule is C[Si](C)(C)Oc1c(C(=O)O)cccc1[N+](=O)[O-]. The zero-order chi connectivity index (χ0) is 13.2. The third kappa shape index (κ3) is 3.28. The first-order chi connectivity index (χ1) is 7.72. The molecule has 6 nitrogen and oxygen atoms in total. The number of hydrogen-bond donors (Lipinski definition) is 1. The Morgan fingerprint density at radius 2 is 2.00 bits per heavy atom. The van der Waals surface area contributed by atoms with E-state index in [9.17, 15) is 14.9 Å². The summed E-state index contributed by atoms with van der Waals surface area (Å²) in [5.74, 6) is -1.38. The number of benzene rings is 1. The van der Waals surface area contributed by atoms with Crippen LogP contribution in [0, 0.1) is 10.1 Å². The van der Waals surface area contributed by atoms with Crippen LogP contribution < -0.4 is 4.43 Å². The van der Waals surface area contributed by atoms with Crippen LogP contribution in [-0.4, -0.2) is 24.3 Å². The number of nitro groups is 1.